The van der Waals surface area contributed by atoms with Crippen molar-refractivity contribution in [2.45, 2.75) is 20.3 Å². The summed E-state index contributed by atoms with van der Waals surface area (Å²) in [7, 11) is 3.89. The smallest absolute Gasteiger partial charge is 0.253 e. The number of carbonyl (C=O) groups excluding carboxylic acids is 2. The van der Waals surface area contributed by atoms with E-state index >= 15 is 0 Å². The monoisotopic (exact) mass is 965 g/mol. The molecule has 0 fully saturated rings. The molecule has 0 aromatic heterocycles. The van der Waals surface area contributed by atoms with E-state index < -0.39 is 23.4 Å². The van der Waals surface area contributed by atoms with Crippen LogP contribution in [-0.4, -0.2) is 62.2 Å². The highest BCUT2D eigenvalue weighted by atomic mass is 127. The first kappa shape index (κ1) is 40.5. The minimum Gasteiger partial charge on any atom is -0.395 e. The molecule has 4 aromatic carbocycles. The van der Waals surface area contributed by atoms with Crippen molar-refractivity contribution in [2.24, 2.45) is 0 Å². The number of aliphatic hydroxyl groups excluding tert-OH is 1. The van der Waals surface area contributed by atoms with Gasteiger partial charge >= 0.3 is 0 Å². The normalized spacial score (nSPS) is 10.7. The summed E-state index contributed by atoms with van der Waals surface area (Å²) in [6, 6.07) is 16.6. The van der Waals surface area contributed by atoms with Crippen molar-refractivity contribution in [3.8, 4) is 0 Å². The summed E-state index contributed by atoms with van der Waals surface area (Å²) in [6.45, 7) is 5.06. The van der Waals surface area contributed by atoms with Gasteiger partial charge < -0.3 is 31.3 Å². The van der Waals surface area contributed by atoms with E-state index in [1.54, 1.807) is 6.07 Å². The Hall–Kier alpha value is -2.93. The molecule has 0 unspecified atom stereocenters. The molecule has 0 aliphatic heterocycles. The van der Waals surface area contributed by atoms with Crippen LogP contribution in [0.1, 0.15) is 38.3 Å². The third-order valence-corrected chi connectivity index (χ3v) is 8.92. The third kappa shape index (κ3) is 12.1. The molecule has 0 aliphatic rings. The number of nitrogens with one attached hydrogen (secondary N) is 4. The highest BCUT2D eigenvalue weighted by Crippen LogP contribution is 2.33. The first-order valence-electron chi connectivity index (χ1n) is 15.1. The molecule has 0 atom stereocenters. The van der Waals surface area contributed by atoms with Crippen LogP contribution in [0.3, 0.4) is 0 Å². The lowest BCUT2D eigenvalue weighted by Gasteiger charge is -2.16. The van der Waals surface area contributed by atoms with E-state index in [9.17, 15) is 22.8 Å². The van der Waals surface area contributed by atoms with Crippen LogP contribution in [0.25, 0.3) is 0 Å². The maximum atomic E-state index is 14.6. The number of hydrogen-bond acceptors (Lipinski definition) is 6. The largest absolute Gasteiger partial charge is 0.395 e. The summed E-state index contributed by atoms with van der Waals surface area (Å²) in [5.41, 5.74) is 3.86. The molecule has 0 saturated carbocycles. The van der Waals surface area contributed by atoms with Crippen molar-refractivity contribution in [1.82, 2.24) is 15.5 Å². The lowest BCUT2D eigenvalue weighted by molar-refractivity contribution is 0.0940. The van der Waals surface area contributed by atoms with Gasteiger partial charge in [-0.3, -0.25) is 9.59 Å². The molecular formula is C35H37BrF3I2N5O3. The molecule has 5 N–H and O–H groups in total. The second-order valence-corrected chi connectivity index (χ2v) is 14.5. The molecule has 49 heavy (non-hydrogen) atoms. The summed E-state index contributed by atoms with van der Waals surface area (Å²) < 4.78 is 44.3. The zero-order chi connectivity index (χ0) is 36.2. The molecule has 0 saturated heterocycles. The molecule has 14 heteroatoms. The number of nitrogens with zero attached hydrogens (tertiary/aromatic N) is 1. The van der Waals surface area contributed by atoms with E-state index in [0.29, 0.717) is 23.5 Å². The lowest BCUT2D eigenvalue weighted by atomic mass is 10.1. The Balaban J connectivity index is 0.000000271. The molecule has 2 amide bonds. The van der Waals surface area contributed by atoms with Gasteiger partial charge in [0.05, 0.1) is 33.6 Å². The number of halogens is 6. The Morgan fingerprint density at radius 2 is 1.33 bits per heavy atom. The molecule has 0 heterocycles. The lowest BCUT2D eigenvalue weighted by Crippen LogP contribution is -2.28. The van der Waals surface area contributed by atoms with Crippen LogP contribution in [0, 0.1) is 38.4 Å². The summed E-state index contributed by atoms with van der Waals surface area (Å²) in [6.07, 6.45) is 0.753. The molecule has 0 bridgehead atoms. The first-order chi connectivity index (χ1) is 23.2. The van der Waals surface area contributed by atoms with Gasteiger partial charge in [0.25, 0.3) is 11.8 Å². The minimum absolute atomic E-state index is 0.0450. The third-order valence-electron chi connectivity index (χ3n) is 7.00. The van der Waals surface area contributed by atoms with Crippen molar-refractivity contribution in [3.05, 3.63) is 112 Å². The fourth-order valence-corrected chi connectivity index (χ4v) is 6.18. The van der Waals surface area contributed by atoms with E-state index in [1.807, 2.05) is 63.2 Å². The maximum Gasteiger partial charge on any atom is 0.253 e. The summed E-state index contributed by atoms with van der Waals surface area (Å²) in [4.78, 5) is 26.7. The quantitative estimate of drug-likeness (QED) is 0.0557. The van der Waals surface area contributed by atoms with Crippen LogP contribution in [0.15, 0.2) is 65.1 Å². The maximum absolute atomic E-state index is 14.6. The summed E-state index contributed by atoms with van der Waals surface area (Å²) in [5, 5.41) is 20.1. The highest BCUT2D eigenvalue weighted by molar-refractivity contribution is 14.1. The van der Waals surface area contributed by atoms with Crippen LogP contribution in [0.4, 0.5) is 35.9 Å². The van der Waals surface area contributed by atoms with Gasteiger partial charge in [0, 0.05) is 31.6 Å². The molecule has 4 aromatic rings. The number of hydrogen-bond donors (Lipinski definition) is 5. The summed E-state index contributed by atoms with van der Waals surface area (Å²) in [5.74, 6) is -3.38. The van der Waals surface area contributed by atoms with E-state index in [1.165, 1.54) is 24.3 Å². The predicted molar refractivity (Wildman–Crippen MR) is 210 cm³/mol. The molecule has 4 rings (SSSR count). The molecular weight excluding hydrogens is 929 g/mol. The van der Waals surface area contributed by atoms with Crippen molar-refractivity contribution in [2.75, 3.05) is 51.0 Å². The zero-order valence-electron chi connectivity index (χ0n) is 27.3. The van der Waals surface area contributed by atoms with E-state index in [2.05, 4.69) is 82.4 Å². The van der Waals surface area contributed by atoms with Crippen LogP contribution < -0.4 is 21.3 Å². The standard InChI is InChI=1S/C19H21BrF2IN3O.C16H16FIN2O2/c1-11-9-12(23)5-6-15(11)25-18-13(10-14(20)16(21)17(18)22)19(27)24-7-4-8-26(2)3;1-10-8-12(18)3-5-14(10)20-15-9-11(17)2-4-13(15)16(22)19-6-7-21/h5-6,9-10,25H,4,7-8H2,1-3H3,(H,24,27);2-5,8-9,20-21H,6-7H2,1H3,(H,19,22). The predicted octanol–water partition coefficient (Wildman–Crippen LogP) is 8.27. The van der Waals surface area contributed by atoms with Gasteiger partial charge in [0.15, 0.2) is 11.6 Å². The Labute approximate surface area is 320 Å². The van der Waals surface area contributed by atoms with Gasteiger partial charge in [-0.25, -0.2) is 13.2 Å². The number of amides is 2. The van der Waals surface area contributed by atoms with Crippen molar-refractivity contribution < 1.29 is 27.9 Å². The van der Waals surface area contributed by atoms with Gasteiger partial charge in [0.1, 0.15) is 5.82 Å². The summed E-state index contributed by atoms with van der Waals surface area (Å²) >= 11 is 7.37. The number of rotatable bonds is 12. The van der Waals surface area contributed by atoms with Gasteiger partial charge in [-0.1, -0.05) is 0 Å². The Bertz CT molecular complexity index is 1800. The van der Waals surface area contributed by atoms with Gasteiger partial charge in [-0.2, -0.15) is 0 Å². The fourth-order valence-electron chi connectivity index (χ4n) is 4.49. The molecule has 262 valence electrons. The Morgan fingerprint density at radius 3 is 1.90 bits per heavy atom. The SMILES string of the molecule is Cc1cc(I)ccc1Nc1c(C(=O)NCCCN(C)C)cc(Br)c(F)c1F.Cc1cc(I)ccc1Nc1cc(F)ccc1C(=O)NCCO. The van der Waals surface area contributed by atoms with Crippen LogP contribution in [-0.2, 0) is 0 Å². The van der Waals surface area contributed by atoms with E-state index in [-0.39, 0.29) is 34.8 Å². The van der Waals surface area contributed by atoms with Crippen molar-refractivity contribution in [3.63, 3.8) is 0 Å². The topological polar surface area (TPSA) is 106 Å². The number of aryl methyl sites for hydroxylation is 2. The molecule has 0 radical (unpaired) electrons. The average Bonchev–Trinajstić information content (AvgIpc) is 3.04. The molecule has 8 nitrogen and oxygen atoms in total. The minimum atomic E-state index is -1.10. The number of benzene rings is 4. The van der Waals surface area contributed by atoms with Crippen LogP contribution in [0.2, 0.25) is 0 Å². The Morgan fingerprint density at radius 1 is 0.755 bits per heavy atom. The van der Waals surface area contributed by atoms with Crippen molar-refractivity contribution in [1.29, 1.82) is 0 Å². The number of aliphatic hydroxyl groups is 1. The zero-order valence-corrected chi connectivity index (χ0v) is 33.2. The van der Waals surface area contributed by atoms with Gasteiger partial charge in [-0.05, 0) is 174 Å². The molecule has 0 spiro atoms. The van der Waals surface area contributed by atoms with Gasteiger partial charge in [0.2, 0.25) is 0 Å². The average molecular weight is 966 g/mol. The Kier molecular flexibility index (Phi) is 16.1. The van der Waals surface area contributed by atoms with Gasteiger partial charge in [-0.15, -0.1) is 0 Å². The van der Waals surface area contributed by atoms with E-state index in [0.717, 1.165) is 36.9 Å². The van der Waals surface area contributed by atoms with E-state index in [4.69, 9.17) is 5.11 Å². The number of anilines is 4. The van der Waals surface area contributed by atoms with Crippen LogP contribution >= 0.6 is 61.1 Å². The second kappa shape index (κ2) is 19.5. The van der Waals surface area contributed by atoms with Crippen molar-refractivity contribution >= 4 is 95.7 Å². The fraction of sp³-hybridized carbons (Fsp3) is 0.257. The number of carbonyl (C=O) groups is 2. The highest BCUT2D eigenvalue weighted by Gasteiger charge is 2.22. The van der Waals surface area contributed by atoms with Crippen LogP contribution in [0.5, 0.6) is 0 Å². The first-order valence-corrected chi connectivity index (χ1v) is 18.0. The second-order valence-electron chi connectivity index (χ2n) is 11.2. The molecule has 0 aliphatic carbocycles.